The lowest BCUT2D eigenvalue weighted by atomic mass is 9.92. The van der Waals surface area contributed by atoms with Crippen molar-refractivity contribution in [2.75, 3.05) is 12.0 Å². The lowest BCUT2D eigenvalue weighted by molar-refractivity contribution is -0.123. The molecule has 0 rings (SSSR count). The molecular formula is C7H14OS2. The Morgan fingerprint density at radius 2 is 1.90 bits per heavy atom. The van der Waals surface area contributed by atoms with Gasteiger partial charge in [0.1, 0.15) is 5.78 Å². The van der Waals surface area contributed by atoms with Crippen molar-refractivity contribution in [2.24, 2.45) is 5.41 Å². The van der Waals surface area contributed by atoms with Crippen LogP contribution in [0.3, 0.4) is 0 Å². The van der Waals surface area contributed by atoms with E-state index in [4.69, 9.17) is 0 Å². The van der Waals surface area contributed by atoms with Crippen LogP contribution in [0.5, 0.6) is 0 Å². The van der Waals surface area contributed by atoms with Gasteiger partial charge in [0, 0.05) is 5.41 Å². The maximum absolute atomic E-state index is 11.2. The molecule has 0 atom stereocenters. The van der Waals surface area contributed by atoms with Crippen LogP contribution in [0, 0.1) is 5.41 Å². The number of Topliss-reactive ketones (excluding diaryl/α,β-unsaturated/α-hetero) is 1. The number of rotatable bonds is 3. The zero-order valence-corrected chi connectivity index (χ0v) is 8.56. The minimum atomic E-state index is -0.164. The van der Waals surface area contributed by atoms with Crippen molar-refractivity contribution in [1.82, 2.24) is 0 Å². The average Bonchev–Trinajstić information content (AvgIpc) is 1.80. The highest BCUT2D eigenvalue weighted by Gasteiger charge is 2.20. The summed E-state index contributed by atoms with van der Waals surface area (Å²) in [5.41, 5.74) is -0.164. The zero-order chi connectivity index (χ0) is 8.20. The Labute approximate surface area is 70.7 Å². The van der Waals surface area contributed by atoms with E-state index in [1.807, 2.05) is 27.0 Å². The number of carbonyl (C=O) groups is 1. The fourth-order valence-electron chi connectivity index (χ4n) is 0.329. The van der Waals surface area contributed by atoms with Crippen molar-refractivity contribution in [1.29, 1.82) is 0 Å². The Morgan fingerprint density at radius 3 is 2.20 bits per heavy atom. The normalized spacial score (nSPS) is 11.6. The molecule has 60 valence electrons. The van der Waals surface area contributed by atoms with Crippen LogP contribution >= 0.6 is 21.6 Å². The van der Waals surface area contributed by atoms with Crippen LogP contribution in [0.1, 0.15) is 20.8 Å². The quantitative estimate of drug-likeness (QED) is 0.618. The van der Waals surface area contributed by atoms with Crippen LogP contribution in [0.2, 0.25) is 0 Å². The van der Waals surface area contributed by atoms with Crippen molar-refractivity contribution >= 4 is 27.4 Å². The first-order valence-electron chi connectivity index (χ1n) is 3.17. The van der Waals surface area contributed by atoms with Gasteiger partial charge in [0.2, 0.25) is 0 Å². The van der Waals surface area contributed by atoms with Gasteiger partial charge in [-0.05, 0) is 6.26 Å². The molecule has 0 N–H and O–H groups in total. The van der Waals surface area contributed by atoms with Crippen LogP contribution in [-0.4, -0.2) is 17.8 Å². The molecule has 0 amide bonds. The van der Waals surface area contributed by atoms with E-state index >= 15 is 0 Å². The zero-order valence-electron chi connectivity index (χ0n) is 6.93. The van der Waals surface area contributed by atoms with Gasteiger partial charge in [0.25, 0.3) is 0 Å². The van der Waals surface area contributed by atoms with E-state index in [2.05, 4.69) is 0 Å². The monoisotopic (exact) mass is 178 g/mol. The first-order chi connectivity index (χ1) is 4.48. The lowest BCUT2D eigenvalue weighted by Gasteiger charge is -2.14. The van der Waals surface area contributed by atoms with E-state index in [-0.39, 0.29) is 5.41 Å². The maximum Gasteiger partial charge on any atom is 0.148 e. The van der Waals surface area contributed by atoms with Crippen molar-refractivity contribution in [3.63, 3.8) is 0 Å². The Bertz CT molecular complexity index is 115. The maximum atomic E-state index is 11.2. The van der Waals surface area contributed by atoms with Crippen LogP contribution in [0.15, 0.2) is 0 Å². The summed E-state index contributed by atoms with van der Waals surface area (Å²) in [6, 6.07) is 0. The van der Waals surface area contributed by atoms with Gasteiger partial charge < -0.3 is 0 Å². The lowest BCUT2D eigenvalue weighted by Crippen LogP contribution is -2.21. The molecule has 0 saturated carbocycles. The van der Waals surface area contributed by atoms with Gasteiger partial charge in [-0.1, -0.05) is 42.4 Å². The molecule has 0 heterocycles. The second-order valence-corrected chi connectivity index (χ2v) is 5.67. The molecule has 0 fully saturated rings. The minimum absolute atomic E-state index is 0.164. The van der Waals surface area contributed by atoms with Gasteiger partial charge in [0.05, 0.1) is 5.75 Å². The summed E-state index contributed by atoms with van der Waals surface area (Å²) in [5.74, 6) is 0.955. The third-order valence-electron chi connectivity index (χ3n) is 1.14. The molecule has 0 bridgehead atoms. The highest BCUT2D eigenvalue weighted by atomic mass is 33.1. The molecule has 3 heteroatoms. The van der Waals surface area contributed by atoms with E-state index in [9.17, 15) is 4.79 Å². The Kier molecular flexibility index (Phi) is 4.45. The van der Waals surface area contributed by atoms with Gasteiger partial charge in [-0.25, -0.2) is 0 Å². The third kappa shape index (κ3) is 4.23. The Hall–Kier alpha value is 0.370. The number of hydrogen-bond acceptors (Lipinski definition) is 3. The van der Waals surface area contributed by atoms with Crippen molar-refractivity contribution < 1.29 is 4.79 Å². The molecule has 0 aromatic rings. The molecule has 0 unspecified atom stereocenters. The van der Waals surface area contributed by atoms with Crippen molar-refractivity contribution in [2.45, 2.75) is 20.8 Å². The molecular weight excluding hydrogens is 164 g/mol. The summed E-state index contributed by atoms with van der Waals surface area (Å²) in [6.45, 7) is 5.86. The second kappa shape index (κ2) is 4.29. The highest BCUT2D eigenvalue weighted by molar-refractivity contribution is 8.76. The average molecular weight is 178 g/mol. The molecule has 0 spiro atoms. The van der Waals surface area contributed by atoms with Gasteiger partial charge in [-0.3, -0.25) is 4.79 Å². The van der Waals surface area contributed by atoms with E-state index in [1.165, 1.54) is 0 Å². The number of carbonyl (C=O) groups excluding carboxylic acids is 1. The van der Waals surface area contributed by atoms with Crippen LogP contribution in [0.4, 0.5) is 0 Å². The molecule has 0 radical (unpaired) electrons. The third-order valence-corrected chi connectivity index (χ3v) is 2.82. The summed E-state index contributed by atoms with van der Waals surface area (Å²) in [6.07, 6.45) is 1.99. The molecule has 0 aliphatic rings. The standard InChI is InChI=1S/C7H14OS2/c1-7(2,3)6(8)5-10-9-4/h5H2,1-4H3. The number of ketones is 1. The summed E-state index contributed by atoms with van der Waals surface area (Å²) in [5, 5.41) is 0. The molecule has 0 aliphatic carbocycles. The number of hydrogen-bond donors (Lipinski definition) is 0. The van der Waals surface area contributed by atoms with E-state index in [0.717, 1.165) is 0 Å². The van der Waals surface area contributed by atoms with E-state index in [1.54, 1.807) is 21.6 Å². The predicted octanol–water partition coefficient (Wildman–Crippen LogP) is 2.61. The predicted molar refractivity (Wildman–Crippen MR) is 50.4 cm³/mol. The summed E-state index contributed by atoms with van der Waals surface area (Å²) >= 11 is 0. The highest BCUT2D eigenvalue weighted by Crippen LogP contribution is 2.22. The molecule has 0 aromatic carbocycles. The molecule has 0 saturated heterocycles. The summed E-state index contributed by atoms with van der Waals surface area (Å²) in [4.78, 5) is 11.2. The van der Waals surface area contributed by atoms with Gasteiger partial charge in [-0.15, -0.1) is 0 Å². The Morgan fingerprint density at radius 1 is 1.40 bits per heavy atom. The topological polar surface area (TPSA) is 17.1 Å². The van der Waals surface area contributed by atoms with Crippen LogP contribution in [0.25, 0.3) is 0 Å². The molecule has 1 nitrogen and oxygen atoms in total. The Balaban J connectivity index is 3.64. The minimum Gasteiger partial charge on any atom is -0.298 e. The van der Waals surface area contributed by atoms with E-state index in [0.29, 0.717) is 11.5 Å². The van der Waals surface area contributed by atoms with Crippen LogP contribution < -0.4 is 0 Å². The van der Waals surface area contributed by atoms with Crippen molar-refractivity contribution in [3.05, 3.63) is 0 Å². The fourth-order valence-corrected chi connectivity index (χ4v) is 1.66. The first kappa shape index (κ1) is 10.4. The molecule has 0 aliphatic heterocycles. The molecule has 0 aromatic heterocycles. The van der Waals surface area contributed by atoms with E-state index < -0.39 is 0 Å². The SMILES string of the molecule is CSSCC(=O)C(C)(C)C. The van der Waals surface area contributed by atoms with Gasteiger partial charge in [0.15, 0.2) is 0 Å². The fraction of sp³-hybridized carbons (Fsp3) is 0.857. The smallest absolute Gasteiger partial charge is 0.148 e. The first-order valence-corrected chi connectivity index (χ1v) is 5.90. The molecule has 10 heavy (non-hydrogen) atoms. The second-order valence-electron chi connectivity index (χ2n) is 3.10. The van der Waals surface area contributed by atoms with Crippen molar-refractivity contribution in [3.8, 4) is 0 Å². The van der Waals surface area contributed by atoms with Crippen LogP contribution in [-0.2, 0) is 4.79 Å². The summed E-state index contributed by atoms with van der Waals surface area (Å²) < 4.78 is 0. The van der Waals surface area contributed by atoms with Gasteiger partial charge in [-0.2, -0.15) is 0 Å². The summed E-state index contributed by atoms with van der Waals surface area (Å²) in [7, 11) is 3.25. The largest absolute Gasteiger partial charge is 0.298 e. The van der Waals surface area contributed by atoms with Gasteiger partial charge >= 0.3 is 0 Å².